The first kappa shape index (κ1) is 19.7. The molecule has 1 saturated heterocycles. The average molecular weight is 417 g/mol. The van der Waals surface area contributed by atoms with Crippen LogP contribution in [0.25, 0.3) is 17.4 Å². The minimum atomic E-state index is -3.86. The van der Waals surface area contributed by atoms with E-state index in [2.05, 4.69) is 11.9 Å². The molecule has 0 aliphatic carbocycles. The van der Waals surface area contributed by atoms with Crippen molar-refractivity contribution in [3.63, 3.8) is 0 Å². The second-order valence-corrected chi connectivity index (χ2v) is 7.74. The fraction of sp³-hybridized carbons (Fsp3) is 0.0556. The Labute approximate surface area is 166 Å². The predicted molar refractivity (Wildman–Crippen MR) is 106 cm³/mol. The molecular formula is C18H15N3O5S2. The number of nitrogens with zero attached hydrogens (tertiary/aromatic N) is 1. The average Bonchev–Trinajstić information content (AvgIpc) is 3.10. The van der Waals surface area contributed by atoms with Crippen LogP contribution in [0.4, 0.5) is 0 Å². The van der Waals surface area contributed by atoms with Gasteiger partial charge in [0.2, 0.25) is 10.0 Å². The molecule has 2 amide bonds. The summed E-state index contributed by atoms with van der Waals surface area (Å²) in [5.41, 5.74) is 0.333. The molecule has 1 aromatic heterocycles. The number of primary sulfonamides is 1. The molecule has 1 aliphatic rings. The Balaban J connectivity index is 1.94. The molecule has 0 saturated carbocycles. The van der Waals surface area contributed by atoms with Gasteiger partial charge in [0.1, 0.15) is 17.1 Å². The van der Waals surface area contributed by atoms with Crippen LogP contribution < -0.4 is 10.5 Å². The van der Waals surface area contributed by atoms with Gasteiger partial charge in [-0.3, -0.25) is 19.8 Å². The highest BCUT2D eigenvalue weighted by Crippen LogP contribution is 2.26. The molecule has 0 atom stereocenters. The number of sulfonamides is 1. The van der Waals surface area contributed by atoms with Crippen LogP contribution in [-0.4, -0.2) is 36.8 Å². The highest BCUT2D eigenvalue weighted by atomic mass is 32.2. The Morgan fingerprint density at radius 3 is 2.68 bits per heavy atom. The molecule has 144 valence electrons. The van der Waals surface area contributed by atoms with Crippen molar-refractivity contribution in [2.75, 3.05) is 6.54 Å². The Morgan fingerprint density at radius 1 is 1.25 bits per heavy atom. The first-order chi connectivity index (χ1) is 13.2. The van der Waals surface area contributed by atoms with Crippen molar-refractivity contribution in [1.29, 1.82) is 0 Å². The predicted octanol–water partition coefficient (Wildman–Crippen LogP) is 1.41. The second kappa shape index (κ2) is 7.50. The van der Waals surface area contributed by atoms with Crippen molar-refractivity contribution < 1.29 is 22.4 Å². The molecule has 1 aromatic carbocycles. The molecule has 0 unspecified atom stereocenters. The number of carbonyl (C=O) groups excluding carboxylic acids is 2. The summed E-state index contributed by atoms with van der Waals surface area (Å²) < 4.78 is 28.6. The second-order valence-electron chi connectivity index (χ2n) is 5.80. The maximum atomic E-state index is 12.5. The van der Waals surface area contributed by atoms with Crippen LogP contribution in [0.3, 0.4) is 0 Å². The van der Waals surface area contributed by atoms with Gasteiger partial charge in [-0.05, 0) is 42.6 Å². The molecule has 3 rings (SSSR count). The van der Waals surface area contributed by atoms with Crippen LogP contribution >= 0.6 is 12.2 Å². The molecule has 3 N–H and O–H groups in total. The molecule has 1 aliphatic heterocycles. The number of amides is 2. The lowest BCUT2D eigenvalue weighted by atomic mass is 10.1. The van der Waals surface area contributed by atoms with Gasteiger partial charge in [0.25, 0.3) is 11.8 Å². The zero-order valence-corrected chi connectivity index (χ0v) is 16.0. The van der Waals surface area contributed by atoms with Gasteiger partial charge < -0.3 is 4.42 Å². The molecule has 0 radical (unpaired) electrons. The van der Waals surface area contributed by atoms with Crippen molar-refractivity contribution >= 4 is 45.2 Å². The van der Waals surface area contributed by atoms with E-state index in [4.69, 9.17) is 21.8 Å². The lowest BCUT2D eigenvalue weighted by molar-refractivity contribution is -0.128. The third-order valence-electron chi connectivity index (χ3n) is 3.86. The Kier molecular flexibility index (Phi) is 5.27. The third-order valence-corrected chi connectivity index (χ3v) is 5.09. The van der Waals surface area contributed by atoms with Crippen LogP contribution in [0.15, 0.2) is 63.9 Å². The molecule has 0 spiro atoms. The Bertz CT molecular complexity index is 1130. The largest absolute Gasteiger partial charge is 0.457 e. The smallest absolute Gasteiger partial charge is 0.266 e. The summed E-state index contributed by atoms with van der Waals surface area (Å²) >= 11 is 4.99. The van der Waals surface area contributed by atoms with Crippen LogP contribution in [0.2, 0.25) is 0 Å². The highest BCUT2D eigenvalue weighted by Gasteiger charge is 2.32. The maximum absolute atomic E-state index is 12.5. The number of thiocarbonyl (C=S) groups is 1. The summed E-state index contributed by atoms with van der Waals surface area (Å²) in [7, 11) is -3.86. The minimum absolute atomic E-state index is 0.00647. The van der Waals surface area contributed by atoms with E-state index in [1.807, 2.05) is 0 Å². The fourth-order valence-electron chi connectivity index (χ4n) is 2.54. The monoisotopic (exact) mass is 417 g/mol. The molecule has 2 heterocycles. The highest BCUT2D eigenvalue weighted by molar-refractivity contribution is 7.89. The summed E-state index contributed by atoms with van der Waals surface area (Å²) in [5.74, 6) is -0.618. The summed E-state index contributed by atoms with van der Waals surface area (Å²) in [5, 5.41) is 7.58. The molecule has 10 heteroatoms. The summed E-state index contributed by atoms with van der Waals surface area (Å²) in [4.78, 5) is 25.8. The molecule has 0 bridgehead atoms. The van der Waals surface area contributed by atoms with Gasteiger partial charge in [-0.25, -0.2) is 13.6 Å². The molecule has 28 heavy (non-hydrogen) atoms. The van der Waals surface area contributed by atoms with Gasteiger partial charge >= 0.3 is 0 Å². The zero-order valence-electron chi connectivity index (χ0n) is 14.4. The van der Waals surface area contributed by atoms with Crippen LogP contribution in [0, 0.1) is 0 Å². The van der Waals surface area contributed by atoms with E-state index in [1.54, 1.807) is 18.2 Å². The van der Waals surface area contributed by atoms with Gasteiger partial charge in [-0.2, -0.15) is 0 Å². The molecule has 1 fully saturated rings. The molecule has 2 aromatic rings. The van der Waals surface area contributed by atoms with E-state index in [-0.39, 0.29) is 27.9 Å². The van der Waals surface area contributed by atoms with Crippen molar-refractivity contribution in [2.45, 2.75) is 4.90 Å². The van der Waals surface area contributed by atoms with Crippen LogP contribution in [-0.2, 0) is 19.6 Å². The number of nitrogens with two attached hydrogens (primary N) is 1. The summed E-state index contributed by atoms with van der Waals surface area (Å²) in [6, 6.07) is 9.05. The van der Waals surface area contributed by atoms with Crippen LogP contribution in [0.1, 0.15) is 5.76 Å². The van der Waals surface area contributed by atoms with Gasteiger partial charge in [0.15, 0.2) is 5.11 Å². The molecule has 8 nitrogen and oxygen atoms in total. The van der Waals surface area contributed by atoms with Crippen molar-refractivity contribution in [1.82, 2.24) is 10.2 Å². The molecular weight excluding hydrogens is 402 g/mol. The Morgan fingerprint density at radius 2 is 2.00 bits per heavy atom. The number of nitrogens with one attached hydrogen (secondary N) is 1. The van der Waals surface area contributed by atoms with Crippen LogP contribution in [0.5, 0.6) is 0 Å². The summed E-state index contributed by atoms with van der Waals surface area (Å²) in [6.45, 7) is 3.71. The van der Waals surface area contributed by atoms with E-state index in [0.29, 0.717) is 11.3 Å². The van der Waals surface area contributed by atoms with E-state index in [1.165, 1.54) is 35.3 Å². The van der Waals surface area contributed by atoms with Gasteiger partial charge in [-0.1, -0.05) is 18.2 Å². The third kappa shape index (κ3) is 3.93. The minimum Gasteiger partial charge on any atom is -0.457 e. The first-order valence-electron chi connectivity index (χ1n) is 7.93. The zero-order chi connectivity index (χ0) is 20.5. The van der Waals surface area contributed by atoms with Gasteiger partial charge in [0, 0.05) is 12.1 Å². The number of benzene rings is 1. The quantitative estimate of drug-likeness (QED) is 0.328. The van der Waals surface area contributed by atoms with Gasteiger partial charge in [-0.15, -0.1) is 6.58 Å². The van der Waals surface area contributed by atoms with Crippen molar-refractivity contribution in [3.8, 4) is 11.3 Å². The number of rotatable bonds is 5. The number of hydrogen-bond donors (Lipinski definition) is 2. The van der Waals surface area contributed by atoms with Gasteiger partial charge in [0.05, 0.1) is 4.90 Å². The first-order valence-corrected chi connectivity index (χ1v) is 9.89. The normalized spacial score (nSPS) is 16.4. The number of carbonyl (C=O) groups is 2. The van der Waals surface area contributed by atoms with Crippen molar-refractivity contribution in [3.05, 3.63) is 60.4 Å². The van der Waals surface area contributed by atoms with E-state index in [9.17, 15) is 18.0 Å². The number of furan rings is 1. The topological polar surface area (TPSA) is 123 Å². The van der Waals surface area contributed by atoms with E-state index >= 15 is 0 Å². The van der Waals surface area contributed by atoms with E-state index < -0.39 is 21.8 Å². The lowest BCUT2D eigenvalue weighted by Crippen LogP contribution is -2.53. The SMILES string of the molecule is C=CCN1C(=O)/C(=C/c2ccc(-c3cccc(S(N)(=O)=O)c3)o2)C(=O)NC1=S. The summed E-state index contributed by atoms with van der Waals surface area (Å²) in [6.07, 6.45) is 2.78. The fourth-order valence-corrected chi connectivity index (χ4v) is 3.35. The van der Waals surface area contributed by atoms with E-state index in [0.717, 1.165) is 0 Å². The number of hydrogen-bond acceptors (Lipinski definition) is 6. The Hall–Kier alpha value is -3.08. The van der Waals surface area contributed by atoms with Crippen molar-refractivity contribution in [2.24, 2.45) is 5.14 Å². The lowest BCUT2D eigenvalue weighted by Gasteiger charge is -2.27. The standard InChI is InChI=1S/C18H15N3O5S2/c1-2-8-21-17(23)14(16(22)20-18(21)27)10-12-6-7-15(26-12)11-4-3-5-13(9-11)28(19,24)25/h2-7,9-10H,1,8H2,(H2,19,24,25)(H,20,22,27)/b14-10+. The maximum Gasteiger partial charge on any atom is 0.266 e.